The monoisotopic (exact) mass is 290 g/mol. The molecule has 2 unspecified atom stereocenters. The van der Waals surface area contributed by atoms with E-state index < -0.39 is 0 Å². The third kappa shape index (κ3) is 7.79. The summed E-state index contributed by atoms with van der Waals surface area (Å²) in [5.41, 5.74) is 0. The van der Waals surface area contributed by atoms with Crippen molar-refractivity contribution >= 4 is 5.97 Å². The van der Waals surface area contributed by atoms with Crippen LogP contribution in [0, 0.1) is 0 Å². The van der Waals surface area contributed by atoms with Crippen LogP contribution in [-0.4, -0.2) is 77.1 Å². The van der Waals surface area contributed by atoms with Crippen molar-refractivity contribution in [2.45, 2.75) is 32.4 Å². The van der Waals surface area contributed by atoms with E-state index >= 15 is 0 Å². The Morgan fingerprint density at radius 3 is 2.45 bits per heavy atom. The van der Waals surface area contributed by atoms with Gasteiger partial charge in [-0.05, 0) is 27.3 Å². The molecule has 0 aliphatic heterocycles. The predicted molar refractivity (Wildman–Crippen MR) is 78.9 cm³/mol. The molecule has 0 aromatic heterocycles. The molecule has 6 heteroatoms. The second-order valence-corrected chi connectivity index (χ2v) is 4.72. The van der Waals surface area contributed by atoms with Gasteiger partial charge in [-0.15, -0.1) is 0 Å². The van der Waals surface area contributed by atoms with Gasteiger partial charge in [0.05, 0.1) is 19.8 Å². The van der Waals surface area contributed by atoms with Gasteiger partial charge in [-0.1, -0.05) is 0 Å². The van der Waals surface area contributed by atoms with E-state index in [1.165, 1.54) is 0 Å². The van der Waals surface area contributed by atoms with E-state index in [0.717, 1.165) is 13.1 Å². The van der Waals surface area contributed by atoms with E-state index in [4.69, 9.17) is 14.2 Å². The van der Waals surface area contributed by atoms with Crippen LogP contribution < -0.4 is 5.32 Å². The van der Waals surface area contributed by atoms with Gasteiger partial charge in [0.1, 0.15) is 6.04 Å². The molecule has 120 valence electrons. The smallest absolute Gasteiger partial charge is 0.323 e. The molecule has 0 saturated heterocycles. The minimum absolute atomic E-state index is 0.193. The summed E-state index contributed by atoms with van der Waals surface area (Å²) in [6, 6.07) is 0.0181. The molecule has 0 saturated carbocycles. The molecule has 0 aromatic carbocycles. The Labute approximate surface area is 122 Å². The molecule has 0 rings (SSSR count). The maximum atomic E-state index is 11.7. The number of hydrogen-bond acceptors (Lipinski definition) is 6. The lowest BCUT2D eigenvalue weighted by molar-refractivity contribution is -0.145. The van der Waals surface area contributed by atoms with Gasteiger partial charge in [-0.25, -0.2) is 0 Å². The van der Waals surface area contributed by atoms with Crippen molar-refractivity contribution in [3.05, 3.63) is 0 Å². The molecule has 0 fully saturated rings. The molecule has 20 heavy (non-hydrogen) atoms. The number of carbonyl (C=O) groups is 1. The zero-order valence-corrected chi connectivity index (χ0v) is 13.5. The van der Waals surface area contributed by atoms with Gasteiger partial charge in [0.25, 0.3) is 0 Å². The Morgan fingerprint density at radius 1 is 1.25 bits per heavy atom. The second kappa shape index (κ2) is 12.1. The van der Waals surface area contributed by atoms with Crippen LogP contribution in [0.15, 0.2) is 0 Å². The Morgan fingerprint density at radius 2 is 1.95 bits per heavy atom. The van der Waals surface area contributed by atoms with Crippen molar-refractivity contribution in [2.75, 3.05) is 54.2 Å². The van der Waals surface area contributed by atoms with Gasteiger partial charge in [0.2, 0.25) is 0 Å². The van der Waals surface area contributed by atoms with Crippen LogP contribution in [-0.2, 0) is 19.0 Å². The number of nitrogens with zero attached hydrogens (tertiary/aromatic N) is 1. The molecule has 0 amide bonds. The molecule has 0 aliphatic carbocycles. The fourth-order valence-corrected chi connectivity index (χ4v) is 2.03. The minimum Gasteiger partial charge on any atom is -0.465 e. The van der Waals surface area contributed by atoms with Crippen molar-refractivity contribution in [2.24, 2.45) is 0 Å². The molecule has 2 atom stereocenters. The molecule has 1 N–H and O–H groups in total. The normalized spacial score (nSPS) is 14.3. The zero-order chi connectivity index (χ0) is 15.4. The van der Waals surface area contributed by atoms with Crippen LogP contribution in [0.3, 0.4) is 0 Å². The number of carbonyl (C=O) groups excluding carboxylic acids is 1. The lowest BCUT2D eigenvalue weighted by Gasteiger charge is -2.29. The summed E-state index contributed by atoms with van der Waals surface area (Å²) in [5, 5.41) is 3.01. The van der Waals surface area contributed by atoms with Crippen molar-refractivity contribution in [3.63, 3.8) is 0 Å². The van der Waals surface area contributed by atoms with Crippen LogP contribution in [0.5, 0.6) is 0 Å². The topological polar surface area (TPSA) is 60.0 Å². The summed E-state index contributed by atoms with van der Waals surface area (Å²) in [7, 11) is 5.16. The summed E-state index contributed by atoms with van der Waals surface area (Å²) in [4.78, 5) is 14.0. The number of esters is 1. The first-order valence-electron chi connectivity index (χ1n) is 7.16. The largest absolute Gasteiger partial charge is 0.465 e. The summed E-state index contributed by atoms with van der Waals surface area (Å²) < 4.78 is 15.4. The predicted octanol–water partition coefficient (Wildman–Crippen LogP) is 0.511. The highest BCUT2D eigenvalue weighted by molar-refractivity contribution is 5.75. The molecule has 6 nitrogen and oxygen atoms in total. The zero-order valence-electron chi connectivity index (χ0n) is 13.5. The minimum atomic E-state index is -0.269. The fraction of sp³-hybridized carbons (Fsp3) is 0.929. The van der Waals surface area contributed by atoms with Gasteiger partial charge in [-0.2, -0.15) is 0 Å². The third-order valence-corrected chi connectivity index (χ3v) is 3.24. The lowest BCUT2D eigenvalue weighted by Crippen LogP contribution is -2.43. The molecule has 0 bridgehead atoms. The third-order valence-electron chi connectivity index (χ3n) is 3.24. The summed E-state index contributed by atoms with van der Waals surface area (Å²) in [5.74, 6) is -0.193. The number of nitrogens with one attached hydrogen (secondary N) is 1. The Bertz CT molecular complexity index is 251. The summed E-state index contributed by atoms with van der Waals surface area (Å²) in [6.45, 7) is 7.27. The number of hydrogen-bond donors (Lipinski definition) is 1. The van der Waals surface area contributed by atoms with E-state index in [-0.39, 0.29) is 18.1 Å². The van der Waals surface area contributed by atoms with E-state index in [0.29, 0.717) is 26.2 Å². The standard InChI is InChI=1S/C14H30N2O4/c1-6-20-14(17)13(15-3)7-8-16(9-10-18-4)12(2)11-19-5/h12-13,15H,6-11H2,1-5H3. The van der Waals surface area contributed by atoms with Crippen LogP contribution >= 0.6 is 0 Å². The van der Waals surface area contributed by atoms with Gasteiger partial charge in [0.15, 0.2) is 0 Å². The summed E-state index contributed by atoms with van der Waals surface area (Å²) >= 11 is 0. The Hall–Kier alpha value is -0.690. The van der Waals surface area contributed by atoms with E-state index in [2.05, 4.69) is 17.1 Å². The first-order valence-corrected chi connectivity index (χ1v) is 7.16. The molecule has 0 radical (unpaired) electrons. The van der Waals surface area contributed by atoms with E-state index in [9.17, 15) is 4.79 Å². The van der Waals surface area contributed by atoms with Crippen molar-refractivity contribution in [1.29, 1.82) is 0 Å². The molecule has 0 aliphatic rings. The van der Waals surface area contributed by atoms with Crippen molar-refractivity contribution in [1.82, 2.24) is 10.2 Å². The average Bonchev–Trinajstić information content (AvgIpc) is 2.43. The van der Waals surface area contributed by atoms with Gasteiger partial charge in [0, 0.05) is 33.4 Å². The molecular formula is C14H30N2O4. The van der Waals surface area contributed by atoms with Gasteiger partial charge in [-0.3, -0.25) is 9.69 Å². The van der Waals surface area contributed by atoms with Gasteiger partial charge < -0.3 is 19.5 Å². The molecule has 0 spiro atoms. The molecule has 0 aromatic rings. The number of rotatable bonds is 12. The maximum Gasteiger partial charge on any atom is 0.323 e. The highest BCUT2D eigenvalue weighted by Crippen LogP contribution is 2.04. The Kier molecular flexibility index (Phi) is 11.7. The number of ether oxygens (including phenoxy) is 3. The van der Waals surface area contributed by atoms with E-state index in [1.807, 2.05) is 6.92 Å². The second-order valence-electron chi connectivity index (χ2n) is 4.72. The average molecular weight is 290 g/mol. The van der Waals surface area contributed by atoms with Crippen molar-refractivity contribution in [3.8, 4) is 0 Å². The van der Waals surface area contributed by atoms with Crippen LogP contribution in [0.4, 0.5) is 0 Å². The summed E-state index contributed by atoms with van der Waals surface area (Å²) in [6.07, 6.45) is 0.701. The molecule has 0 heterocycles. The fourth-order valence-electron chi connectivity index (χ4n) is 2.03. The van der Waals surface area contributed by atoms with Crippen LogP contribution in [0.1, 0.15) is 20.3 Å². The van der Waals surface area contributed by atoms with Gasteiger partial charge >= 0.3 is 5.97 Å². The number of methoxy groups -OCH3 is 2. The van der Waals surface area contributed by atoms with Crippen LogP contribution in [0.25, 0.3) is 0 Å². The maximum absolute atomic E-state index is 11.7. The first kappa shape index (κ1) is 19.3. The van der Waals surface area contributed by atoms with Crippen molar-refractivity contribution < 1.29 is 19.0 Å². The highest BCUT2D eigenvalue weighted by atomic mass is 16.5. The Balaban J connectivity index is 4.36. The van der Waals surface area contributed by atoms with E-state index in [1.54, 1.807) is 21.3 Å². The molecular weight excluding hydrogens is 260 g/mol. The lowest BCUT2D eigenvalue weighted by atomic mass is 10.1. The number of likely N-dealkylation sites (N-methyl/N-ethyl adjacent to an activating group) is 1. The SMILES string of the molecule is CCOC(=O)C(CCN(CCOC)C(C)COC)NC. The quantitative estimate of drug-likeness (QED) is 0.529. The highest BCUT2D eigenvalue weighted by Gasteiger charge is 2.20. The first-order chi connectivity index (χ1) is 9.60. The van der Waals surface area contributed by atoms with Crippen LogP contribution in [0.2, 0.25) is 0 Å².